The van der Waals surface area contributed by atoms with Crippen molar-refractivity contribution in [2.75, 3.05) is 11.1 Å². The van der Waals surface area contributed by atoms with Crippen LogP contribution in [0.25, 0.3) is 5.69 Å². The van der Waals surface area contributed by atoms with Gasteiger partial charge in [-0.25, -0.2) is 0 Å². The van der Waals surface area contributed by atoms with Gasteiger partial charge in [0.05, 0.1) is 32.7 Å². The van der Waals surface area contributed by atoms with Gasteiger partial charge in [0.15, 0.2) is 0 Å². The first-order valence-corrected chi connectivity index (χ1v) is 13.0. The summed E-state index contributed by atoms with van der Waals surface area (Å²) >= 11 is 14.0. The van der Waals surface area contributed by atoms with Crippen LogP contribution in [-0.4, -0.2) is 43.3 Å². The molecule has 0 atom stereocenters. The normalized spacial score (nSPS) is 13.0. The highest BCUT2D eigenvalue weighted by molar-refractivity contribution is 7.99. The Morgan fingerprint density at radius 1 is 1.17 bits per heavy atom. The van der Waals surface area contributed by atoms with E-state index in [1.54, 1.807) is 18.2 Å². The Hall–Kier alpha value is -3.06. The summed E-state index contributed by atoms with van der Waals surface area (Å²) in [7, 11) is 0. The van der Waals surface area contributed by atoms with Crippen molar-refractivity contribution >= 4 is 52.5 Å². The number of halogens is 2. The largest absolute Gasteiger partial charge is 0.341 e. The summed E-state index contributed by atoms with van der Waals surface area (Å²) in [5, 5.41) is 18.7. The van der Waals surface area contributed by atoms with Gasteiger partial charge in [0.1, 0.15) is 0 Å². The molecule has 0 spiro atoms. The number of carbonyl (C=O) groups excluding carboxylic acids is 2. The van der Waals surface area contributed by atoms with Crippen molar-refractivity contribution in [3.8, 4) is 17.5 Å². The van der Waals surface area contributed by atoms with Crippen molar-refractivity contribution in [2.45, 2.75) is 50.2 Å². The van der Waals surface area contributed by atoms with Crippen LogP contribution in [0.1, 0.15) is 50.7 Å². The minimum atomic E-state index is -0.679. The molecular weight excluding hydrogens is 519 g/mol. The summed E-state index contributed by atoms with van der Waals surface area (Å²) in [5.74, 6) is 6.23. The summed E-state index contributed by atoms with van der Waals surface area (Å²) in [6, 6.07) is 11.0. The number of hydrogen-bond donors (Lipinski definition) is 2. The molecule has 1 fully saturated rings. The van der Waals surface area contributed by atoms with E-state index in [4.69, 9.17) is 23.2 Å². The molecule has 0 saturated heterocycles. The first-order valence-electron chi connectivity index (χ1n) is 11.2. The van der Waals surface area contributed by atoms with Gasteiger partial charge in [-0.15, -0.1) is 5.10 Å². The van der Waals surface area contributed by atoms with Crippen LogP contribution in [0.3, 0.4) is 0 Å². The zero-order valence-corrected chi connectivity index (χ0v) is 22.3. The van der Waals surface area contributed by atoms with Crippen LogP contribution in [0.4, 0.5) is 5.69 Å². The third-order valence-electron chi connectivity index (χ3n) is 5.27. The van der Waals surface area contributed by atoms with E-state index in [1.807, 2.05) is 32.0 Å². The van der Waals surface area contributed by atoms with Crippen molar-refractivity contribution < 1.29 is 9.59 Å². The van der Waals surface area contributed by atoms with Gasteiger partial charge in [-0.2, -0.15) is 4.68 Å². The first kappa shape index (κ1) is 26.0. The molecule has 36 heavy (non-hydrogen) atoms. The molecule has 2 N–H and O–H groups in total. The van der Waals surface area contributed by atoms with E-state index < -0.39 is 5.54 Å². The predicted molar refractivity (Wildman–Crippen MR) is 142 cm³/mol. The number of benzene rings is 2. The lowest BCUT2D eigenvalue weighted by Crippen LogP contribution is -2.40. The second-order valence-electron chi connectivity index (χ2n) is 8.95. The quantitative estimate of drug-likeness (QED) is 0.327. The smallest absolute Gasteiger partial charge is 0.234 e. The maximum Gasteiger partial charge on any atom is 0.234 e. The minimum Gasteiger partial charge on any atom is -0.341 e. The molecule has 1 saturated carbocycles. The molecule has 1 heterocycles. The minimum absolute atomic E-state index is 0.0704. The number of nitrogens with zero attached hydrogens (tertiary/aromatic N) is 4. The molecule has 2 amide bonds. The monoisotopic (exact) mass is 542 g/mol. The summed E-state index contributed by atoms with van der Waals surface area (Å²) in [5.41, 5.74) is 2.33. The molecule has 186 valence electrons. The number of rotatable bonds is 7. The number of carbonyl (C=O) groups is 2. The highest BCUT2D eigenvalue weighted by atomic mass is 35.5. The third-order valence-corrected chi connectivity index (χ3v) is 6.81. The fourth-order valence-electron chi connectivity index (χ4n) is 3.50. The van der Waals surface area contributed by atoms with Crippen molar-refractivity contribution in [1.82, 2.24) is 25.5 Å². The molecule has 2 aromatic carbocycles. The highest BCUT2D eigenvalue weighted by Gasteiger charge is 2.24. The Morgan fingerprint density at radius 2 is 1.94 bits per heavy atom. The predicted octanol–water partition coefficient (Wildman–Crippen LogP) is 4.84. The zero-order chi connectivity index (χ0) is 25.9. The second-order valence-corrected chi connectivity index (χ2v) is 10.7. The van der Waals surface area contributed by atoms with Gasteiger partial charge in [-0.1, -0.05) is 52.9 Å². The van der Waals surface area contributed by atoms with Gasteiger partial charge < -0.3 is 10.6 Å². The topological polar surface area (TPSA) is 102 Å². The molecule has 8 nitrogen and oxygen atoms in total. The highest BCUT2D eigenvalue weighted by Crippen LogP contribution is 2.41. The number of thioether (sulfide) groups is 1. The SMILES string of the molecule is CC(=O)NC(C)(C)C#Cc1ccc(NC(=O)CSc2nnnn2-c2ccc(C3CC3)cc2Cl)c(Cl)c1. The third kappa shape index (κ3) is 6.78. The fraction of sp³-hybridized carbons (Fsp3) is 0.320. The van der Waals surface area contributed by atoms with E-state index in [1.165, 1.54) is 41.8 Å². The van der Waals surface area contributed by atoms with Crippen LogP contribution in [0.2, 0.25) is 10.0 Å². The number of tetrazole rings is 1. The molecule has 0 aliphatic heterocycles. The van der Waals surface area contributed by atoms with Crippen LogP contribution in [0.5, 0.6) is 0 Å². The number of nitrogens with one attached hydrogen (secondary N) is 2. The van der Waals surface area contributed by atoms with E-state index >= 15 is 0 Å². The number of hydrogen-bond acceptors (Lipinski definition) is 6. The zero-order valence-electron chi connectivity index (χ0n) is 19.9. The van der Waals surface area contributed by atoms with Crippen LogP contribution < -0.4 is 10.6 Å². The van der Waals surface area contributed by atoms with Gasteiger partial charge in [0.25, 0.3) is 0 Å². The Morgan fingerprint density at radius 3 is 2.61 bits per heavy atom. The lowest BCUT2D eigenvalue weighted by atomic mass is 10.1. The van der Waals surface area contributed by atoms with Crippen molar-refractivity contribution in [3.05, 3.63) is 57.6 Å². The van der Waals surface area contributed by atoms with Crippen LogP contribution in [0, 0.1) is 11.8 Å². The fourth-order valence-corrected chi connectivity index (χ4v) is 4.68. The molecule has 0 unspecified atom stereocenters. The van der Waals surface area contributed by atoms with Gasteiger partial charge in [0.2, 0.25) is 17.0 Å². The van der Waals surface area contributed by atoms with E-state index in [2.05, 4.69) is 38.0 Å². The second kappa shape index (κ2) is 10.9. The maximum absolute atomic E-state index is 12.6. The van der Waals surface area contributed by atoms with E-state index in [0.717, 1.165) is 0 Å². The standard InChI is InChI=1S/C25H24Cl2N6O2S/c1-15(34)29-25(2,3)11-10-16-4-8-21(19(26)12-16)28-23(35)14-36-24-30-31-32-33(24)22-9-7-18(13-20(22)27)17-5-6-17/h4,7-9,12-13,17H,5-6,14H2,1-3H3,(H,28,35)(H,29,34). The molecule has 1 aromatic heterocycles. The molecule has 11 heteroatoms. The lowest BCUT2D eigenvalue weighted by molar-refractivity contribution is -0.120. The number of anilines is 1. The van der Waals surface area contributed by atoms with Gasteiger partial charge >= 0.3 is 0 Å². The summed E-state index contributed by atoms with van der Waals surface area (Å²) in [4.78, 5) is 23.9. The van der Waals surface area contributed by atoms with E-state index in [-0.39, 0.29) is 17.6 Å². The Labute approximate surface area is 223 Å². The summed E-state index contributed by atoms with van der Waals surface area (Å²) in [6.45, 7) is 5.06. The van der Waals surface area contributed by atoms with E-state index in [9.17, 15) is 9.59 Å². The van der Waals surface area contributed by atoms with Crippen molar-refractivity contribution in [3.63, 3.8) is 0 Å². The molecule has 3 aromatic rings. The molecule has 0 bridgehead atoms. The average Bonchev–Trinajstić information content (AvgIpc) is 3.55. The van der Waals surface area contributed by atoms with Gasteiger partial charge in [0, 0.05) is 12.5 Å². The molecule has 1 aliphatic carbocycles. The van der Waals surface area contributed by atoms with Crippen molar-refractivity contribution in [1.29, 1.82) is 0 Å². The Bertz CT molecular complexity index is 1370. The van der Waals surface area contributed by atoms with Gasteiger partial charge in [-0.05, 0) is 78.9 Å². The molecule has 1 aliphatic rings. The van der Waals surface area contributed by atoms with E-state index in [0.29, 0.717) is 38.1 Å². The first-order chi connectivity index (χ1) is 17.1. The number of aromatic nitrogens is 4. The summed E-state index contributed by atoms with van der Waals surface area (Å²) in [6.07, 6.45) is 2.38. The molecule has 0 radical (unpaired) electrons. The maximum atomic E-state index is 12.6. The molecule has 4 rings (SSSR count). The van der Waals surface area contributed by atoms with Crippen LogP contribution in [0.15, 0.2) is 41.6 Å². The van der Waals surface area contributed by atoms with Gasteiger partial charge in [-0.3, -0.25) is 9.59 Å². The Balaban J connectivity index is 1.37. The lowest BCUT2D eigenvalue weighted by Gasteiger charge is -2.18. The van der Waals surface area contributed by atoms with Crippen LogP contribution >= 0.6 is 35.0 Å². The Kier molecular flexibility index (Phi) is 7.88. The summed E-state index contributed by atoms with van der Waals surface area (Å²) < 4.78 is 1.53. The number of amides is 2. The van der Waals surface area contributed by atoms with Crippen molar-refractivity contribution in [2.24, 2.45) is 0 Å². The van der Waals surface area contributed by atoms with Crippen LogP contribution in [-0.2, 0) is 9.59 Å². The average molecular weight is 543 g/mol. The molecular formula is C25H24Cl2N6O2S.